The molecular weight excluding hydrogens is 823 g/mol. The maximum Gasteiger partial charge on any atom is 0.329 e. The number of rotatable bonds is 5. The minimum absolute atomic E-state index is 0.0224. The van der Waals surface area contributed by atoms with E-state index in [0.29, 0.717) is 68.9 Å². The lowest BCUT2D eigenvalue weighted by Crippen LogP contribution is -2.60. The van der Waals surface area contributed by atoms with Gasteiger partial charge in [0.15, 0.2) is 11.6 Å². The van der Waals surface area contributed by atoms with E-state index in [4.69, 9.17) is 18.9 Å². The smallest absolute Gasteiger partial charge is 0.329 e. The molecule has 1 aliphatic carbocycles. The highest BCUT2D eigenvalue weighted by Crippen LogP contribution is 2.37. The number of aliphatic hydroxyl groups excluding tert-OH is 2. The molecule has 4 aliphatic rings. The van der Waals surface area contributed by atoms with Gasteiger partial charge in [-0.3, -0.25) is 24.0 Å². The van der Waals surface area contributed by atoms with E-state index >= 15 is 0 Å². The van der Waals surface area contributed by atoms with Gasteiger partial charge in [-0.1, -0.05) is 71.1 Å². The second-order valence-electron chi connectivity index (χ2n) is 19.2. The van der Waals surface area contributed by atoms with Crippen molar-refractivity contribution in [2.45, 2.75) is 174 Å². The summed E-state index contributed by atoms with van der Waals surface area (Å²) in [5, 5.41) is 33.6. The standard InChI is InChI=1S/C50H75NO13/c1-29-15-11-10-12-16-30(2)40(53)27-37-20-18-35(7)50(60,64-37)47(57)48(58)51-22-14-13-17-38(51)49(59)63-42(32(4)25-36-19-21-39(52)43(26-36)61-8)28-41(54)31(3)24-34(6)45(56)46(62-9)44(55)33(5)23-29/h10-12,15-16,24,29,31-33,35-39,42-43,45-46,52,56,60H,13-14,17-23,25-28H2,1-9H3/b12-10+,15-11+,30-16+,34-24+/t29-,31-,32-,33-,35-,36+,37+,38+,39+,42+,43-,45-,46+,50-/m1/s1. The number of aliphatic hydroxyl groups is 3. The number of Topliss-reactive ketones (excluding diaryl/α,β-unsaturated/α-hetero) is 4. The van der Waals surface area contributed by atoms with Crippen LogP contribution >= 0.6 is 0 Å². The molecule has 2 bridgehead atoms. The third kappa shape index (κ3) is 13.7. The molecule has 3 N–H and O–H groups in total. The van der Waals surface area contributed by atoms with Crippen LogP contribution < -0.4 is 0 Å². The Kier molecular flexibility index (Phi) is 20.0. The number of piperidine rings is 1. The number of carbonyl (C=O) groups is 6. The first kappa shape index (κ1) is 53.0. The average molecular weight is 898 g/mol. The zero-order valence-electron chi connectivity index (χ0n) is 39.5. The van der Waals surface area contributed by atoms with Gasteiger partial charge in [0.1, 0.15) is 30.1 Å². The molecular formula is C50H75NO13. The number of nitrogens with zero attached hydrogens (tertiary/aromatic N) is 1. The molecule has 4 rings (SSSR count). The SMILES string of the molecule is CO[C@@H]1C[C@H](C[C@@H](C)[C@@H]2CC(=O)[C@H](C)/C=C(\C)[C@@H](O)[C@@H](OC)C(=O)[C@H](C)C[C@H](C)/C=C/C=C/C=C(\C)C(=O)C[C@@H]3CC[C@@H](C)[C@@](O)(O3)C(=O)C(=O)N3CCCC[C@H]3C(=O)O2)CC[C@@H]1O. The molecule has 0 radical (unpaired) electrons. The minimum Gasteiger partial charge on any atom is -0.460 e. The monoisotopic (exact) mass is 898 g/mol. The first-order valence-electron chi connectivity index (χ1n) is 23.4. The van der Waals surface area contributed by atoms with Crippen molar-refractivity contribution in [3.05, 3.63) is 47.6 Å². The van der Waals surface area contributed by atoms with E-state index in [2.05, 4.69) is 0 Å². The molecule has 0 spiro atoms. The molecule has 64 heavy (non-hydrogen) atoms. The third-order valence-corrected chi connectivity index (χ3v) is 14.0. The Morgan fingerprint density at radius 3 is 2.28 bits per heavy atom. The van der Waals surface area contributed by atoms with Crippen LogP contribution in [0.25, 0.3) is 0 Å². The number of allylic oxidation sites excluding steroid dienone is 7. The van der Waals surface area contributed by atoms with Gasteiger partial charge < -0.3 is 39.2 Å². The van der Waals surface area contributed by atoms with Gasteiger partial charge in [-0.05, 0) is 107 Å². The van der Waals surface area contributed by atoms with Crippen LogP contribution in [0.3, 0.4) is 0 Å². The molecule has 3 fully saturated rings. The molecule has 14 heteroatoms. The molecule has 1 amide bonds. The summed E-state index contributed by atoms with van der Waals surface area (Å²) in [5.41, 5.74) is 0.799. The third-order valence-electron chi connectivity index (χ3n) is 14.0. The fraction of sp³-hybridized carbons (Fsp3) is 0.720. The van der Waals surface area contributed by atoms with Crippen LogP contribution in [0.1, 0.15) is 126 Å². The number of esters is 1. The molecule has 14 atom stereocenters. The lowest BCUT2D eigenvalue weighted by Gasteiger charge is -2.42. The summed E-state index contributed by atoms with van der Waals surface area (Å²) in [6.45, 7) is 12.3. The minimum atomic E-state index is -2.52. The second kappa shape index (κ2) is 24.2. The van der Waals surface area contributed by atoms with E-state index < -0.39 is 77.8 Å². The molecule has 358 valence electrons. The normalized spacial score (nSPS) is 39.7. The van der Waals surface area contributed by atoms with Crippen LogP contribution in [0.5, 0.6) is 0 Å². The molecule has 0 unspecified atom stereocenters. The van der Waals surface area contributed by atoms with Crippen molar-refractivity contribution in [3.8, 4) is 0 Å². The van der Waals surface area contributed by atoms with E-state index in [1.54, 1.807) is 66.0 Å². The number of carbonyl (C=O) groups excluding carboxylic acids is 6. The number of hydrogen-bond donors (Lipinski definition) is 3. The number of hydrogen-bond acceptors (Lipinski definition) is 13. The molecule has 0 aromatic carbocycles. The van der Waals surface area contributed by atoms with Crippen LogP contribution in [-0.2, 0) is 47.7 Å². The number of fused-ring (bicyclic) bond motifs is 3. The molecule has 1 saturated carbocycles. The summed E-state index contributed by atoms with van der Waals surface area (Å²) in [4.78, 5) is 84.6. The number of ether oxygens (including phenoxy) is 4. The lowest BCUT2D eigenvalue weighted by atomic mass is 9.78. The lowest BCUT2D eigenvalue weighted by molar-refractivity contribution is -0.262. The number of methoxy groups -OCH3 is 2. The van der Waals surface area contributed by atoms with E-state index in [0.717, 1.165) is 4.90 Å². The van der Waals surface area contributed by atoms with Gasteiger partial charge in [0.2, 0.25) is 5.79 Å². The van der Waals surface area contributed by atoms with Gasteiger partial charge in [0.05, 0.1) is 18.3 Å². The van der Waals surface area contributed by atoms with Crippen molar-refractivity contribution in [2.24, 2.45) is 35.5 Å². The van der Waals surface area contributed by atoms with Crippen molar-refractivity contribution >= 4 is 35.0 Å². The maximum atomic E-state index is 14.3. The summed E-state index contributed by atoms with van der Waals surface area (Å²) in [7, 11) is 2.92. The van der Waals surface area contributed by atoms with Crippen molar-refractivity contribution < 1.29 is 63.0 Å². The van der Waals surface area contributed by atoms with Crippen molar-refractivity contribution in [2.75, 3.05) is 20.8 Å². The molecule has 0 aromatic rings. The Morgan fingerprint density at radius 2 is 1.59 bits per heavy atom. The summed E-state index contributed by atoms with van der Waals surface area (Å²) < 4.78 is 23.3. The van der Waals surface area contributed by atoms with Crippen LogP contribution in [-0.4, -0.2) is 124 Å². The highest BCUT2D eigenvalue weighted by molar-refractivity contribution is 6.39. The number of cyclic esters (lactones) is 1. The molecule has 3 heterocycles. The Hall–Kier alpha value is -3.66. The molecule has 3 aliphatic heterocycles. The average Bonchev–Trinajstić information content (AvgIpc) is 3.26. The predicted octanol–water partition coefficient (Wildman–Crippen LogP) is 5.73. The van der Waals surface area contributed by atoms with E-state index in [1.165, 1.54) is 7.11 Å². The summed E-state index contributed by atoms with van der Waals surface area (Å²) in [5.74, 6) is -8.70. The fourth-order valence-electron chi connectivity index (χ4n) is 9.73. The summed E-state index contributed by atoms with van der Waals surface area (Å²) in [6, 6.07) is -1.17. The highest BCUT2D eigenvalue weighted by atomic mass is 16.6. The quantitative estimate of drug-likeness (QED) is 0.172. The Morgan fingerprint density at radius 1 is 0.875 bits per heavy atom. The summed E-state index contributed by atoms with van der Waals surface area (Å²) >= 11 is 0. The fourth-order valence-corrected chi connectivity index (χ4v) is 9.73. The molecule has 14 nitrogen and oxygen atoms in total. The van der Waals surface area contributed by atoms with Gasteiger partial charge in [0.25, 0.3) is 11.7 Å². The first-order chi connectivity index (χ1) is 30.2. The van der Waals surface area contributed by atoms with E-state index in [9.17, 15) is 44.1 Å². The van der Waals surface area contributed by atoms with E-state index in [-0.39, 0.29) is 67.0 Å². The van der Waals surface area contributed by atoms with Crippen LogP contribution in [0.4, 0.5) is 0 Å². The van der Waals surface area contributed by atoms with Crippen LogP contribution in [0.15, 0.2) is 47.6 Å². The van der Waals surface area contributed by atoms with E-state index in [1.807, 2.05) is 26.0 Å². The number of ketones is 4. The van der Waals surface area contributed by atoms with Crippen molar-refractivity contribution in [1.82, 2.24) is 4.90 Å². The highest BCUT2D eigenvalue weighted by Gasteiger charge is 2.53. The molecule has 0 aromatic heterocycles. The zero-order chi connectivity index (χ0) is 47.5. The first-order valence-corrected chi connectivity index (χ1v) is 23.4. The predicted molar refractivity (Wildman–Crippen MR) is 239 cm³/mol. The van der Waals surface area contributed by atoms with Gasteiger partial charge in [-0.25, -0.2) is 4.79 Å². The largest absolute Gasteiger partial charge is 0.460 e. The Labute approximate surface area is 379 Å². The Bertz CT molecular complexity index is 1780. The van der Waals surface area contributed by atoms with Crippen molar-refractivity contribution in [3.63, 3.8) is 0 Å². The van der Waals surface area contributed by atoms with Crippen LogP contribution in [0, 0.1) is 35.5 Å². The Balaban J connectivity index is 1.69. The topological polar surface area (TPSA) is 203 Å². The second-order valence-corrected chi connectivity index (χ2v) is 19.2. The number of amides is 1. The molecule has 2 saturated heterocycles. The van der Waals surface area contributed by atoms with Gasteiger partial charge in [0, 0.05) is 51.4 Å². The van der Waals surface area contributed by atoms with Gasteiger partial charge in [-0.2, -0.15) is 0 Å². The van der Waals surface area contributed by atoms with Gasteiger partial charge >= 0.3 is 5.97 Å². The summed E-state index contributed by atoms with van der Waals surface area (Å²) in [6.07, 6.45) is 9.74. The van der Waals surface area contributed by atoms with Gasteiger partial charge in [-0.15, -0.1) is 0 Å². The van der Waals surface area contributed by atoms with Crippen molar-refractivity contribution in [1.29, 1.82) is 0 Å². The van der Waals surface area contributed by atoms with Crippen LogP contribution in [0.2, 0.25) is 0 Å². The maximum absolute atomic E-state index is 14.3. The zero-order valence-corrected chi connectivity index (χ0v) is 39.5.